The number of carbonyl (C=O) groups excluding carboxylic acids is 1. The van der Waals surface area contributed by atoms with Gasteiger partial charge in [0.15, 0.2) is 9.84 Å². The molecule has 1 unspecified atom stereocenters. The summed E-state index contributed by atoms with van der Waals surface area (Å²) in [6.45, 7) is 0.478. The molecule has 5 nitrogen and oxygen atoms in total. The third kappa shape index (κ3) is 5.17. The van der Waals surface area contributed by atoms with Crippen molar-refractivity contribution in [2.45, 2.75) is 76.0 Å². The Morgan fingerprint density at radius 1 is 1.03 bits per heavy atom. The Bertz CT molecular complexity index is 864. The lowest BCUT2D eigenvalue weighted by molar-refractivity contribution is -0.138. The van der Waals surface area contributed by atoms with E-state index in [4.69, 9.17) is 11.6 Å². The number of hydrogen-bond acceptors (Lipinski definition) is 4. The van der Waals surface area contributed by atoms with Gasteiger partial charge in [-0.05, 0) is 44.2 Å². The Hall–Kier alpha value is -1.18. The third-order valence-electron chi connectivity index (χ3n) is 6.68. The number of nitrogens with zero attached hydrogens (tertiary/aromatic N) is 2. The summed E-state index contributed by atoms with van der Waals surface area (Å²) in [6.07, 6.45) is 7.68. The van der Waals surface area contributed by atoms with Crippen molar-refractivity contribution < 1.29 is 17.6 Å². The summed E-state index contributed by atoms with van der Waals surface area (Å²) in [4.78, 5) is 17.4. The van der Waals surface area contributed by atoms with Crippen molar-refractivity contribution in [1.29, 1.82) is 0 Å². The topological polar surface area (TPSA) is 57.7 Å². The van der Waals surface area contributed by atoms with Crippen LogP contribution in [0.25, 0.3) is 0 Å². The quantitative estimate of drug-likeness (QED) is 0.626. The number of sulfone groups is 1. The van der Waals surface area contributed by atoms with E-state index in [2.05, 4.69) is 0 Å². The fraction of sp³-hybridized carbons (Fsp3) is 0.682. The zero-order valence-electron chi connectivity index (χ0n) is 17.2. The first-order valence-electron chi connectivity index (χ1n) is 11.0. The van der Waals surface area contributed by atoms with E-state index in [1.165, 1.54) is 12.5 Å². The molecular formula is C22H30ClFN2O3S. The summed E-state index contributed by atoms with van der Waals surface area (Å²) >= 11 is 6.23. The van der Waals surface area contributed by atoms with Gasteiger partial charge in [0.25, 0.3) is 0 Å². The highest BCUT2D eigenvalue weighted by Gasteiger charge is 2.40. The molecule has 2 aliphatic carbocycles. The molecule has 1 atom stereocenters. The number of halogens is 2. The van der Waals surface area contributed by atoms with E-state index in [0.717, 1.165) is 38.5 Å². The van der Waals surface area contributed by atoms with Crippen LogP contribution in [0.1, 0.15) is 56.9 Å². The Morgan fingerprint density at radius 3 is 2.37 bits per heavy atom. The van der Waals surface area contributed by atoms with Crippen molar-refractivity contribution >= 4 is 27.3 Å². The first-order valence-corrected chi connectivity index (χ1v) is 13.2. The molecule has 2 saturated carbocycles. The van der Waals surface area contributed by atoms with Crippen LogP contribution in [0, 0.1) is 5.82 Å². The summed E-state index contributed by atoms with van der Waals surface area (Å²) in [7, 11) is -3.08. The highest BCUT2D eigenvalue weighted by molar-refractivity contribution is 7.91. The lowest BCUT2D eigenvalue weighted by atomic mass is 9.92. The second-order valence-electron chi connectivity index (χ2n) is 8.99. The van der Waals surface area contributed by atoms with E-state index in [0.29, 0.717) is 23.6 Å². The molecule has 1 aromatic rings. The lowest BCUT2D eigenvalue weighted by Crippen LogP contribution is -2.52. The molecule has 1 aromatic carbocycles. The zero-order valence-corrected chi connectivity index (χ0v) is 18.8. The highest BCUT2D eigenvalue weighted by Crippen LogP contribution is 2.32. The van der Waals surface area contributed by atoms with Gasteiger partial charge in [-0.3, -0.25) is 9.69 Å². The average molecular weight is 457 g/mol. The predicted molar refractivity (Wildman–Crippen MR) is 116 cm³/mol. The molecule has 30 heavy (non-hydrogen) atoms. The number of amides is 1. The molecule has 1 heterocycles. The largest absolute Gasteiger partial charge is 0.335 e. The third-order valence-corrected chi connectivity index (χ3v) is 8.79. The molecule has 0 N–H and O–H groups in total. The van der Waals surface area contributed by atoms with Crippen LogP contribution < -0.4 is 0 Å². The van der Waals surface area contributed by atoms with Gasteiger partial charge >= 0.3 is 0 Å². The molecule has 3 fully saturated rings. The number of carbonyl (C=O) groups is 1. The molecule has 0 aromatic heterocycles. The van der Waals surface area contributed by atoms with Crippen LogP contribution in [0.4, 0.5) is 4.39 Å². The van der Waals surface area contributed by atoms with Crippen molar-refractivity contribution in [2.24, 2.45) is 0 Å². The van der Waals surface area contributed by atoms with Crippen molar-refractivity contribution in [3.05, 3.63) is 34.6 Å². The van der Waals surface area contributed by atoms with E-state index >= 15 is 0 Å². The Labute approximate surface area is 183 Å². The Balaban J connectivity index is 1.52. The van der Waals surface area contributed by atoms with Crippen LogP contribution in [-0.4, -0.2) is 60.3 Å². The Morgan fingerprint density at radius 2 is 1.77 bits per heavy atom. The summed E-state index contributed by atoms with van der Waals surface area (Å²) < 4.78 is 38.5. The molecule has 4 rings (SSSR count). The average Bonchev–Trinajstić information content (AvgIpc) is 3.49. The molecule has 166 valence electrons. The summed E-state index contributed by atoms with van der Waals surface area (Å²) in [5.41, 5.74) is 0.423. The van der Waals surface area contributed by atoms with Crippen LogP contribution in [0.2, 0.25) is 5.02 Å². The maximum Gasteiger partial charge on any atom is 0.237 e. The van der Waals surface area contributed by atoms with E-state index in [1.807, 2.05) is 9.80 Å². The van der Waals surface area contributed by atoms with Gasteiger partial charge in [-0.2, -0.15) is 0 Å². The summed E-state index contributed by atoms with van der Waals surface area (Å²) in [5.74, 6) is -0.154. The Kier molecular flexibility index (Phi) is 6.70. The second-order valence-corrected chi connectivity index (χ2v) is 11.6. The van der Waals surface area contributed by atoms with Gasteiger partial charge in [-0.15, -0.1) is 0 Å². The molecule has 3 aliphatic rings. The van der Waals surface area contributed by atoms with Gasteiger partial charge in [0.1, 0.15) is 5.82 Å². The number of hydrogen-bond donors (Lipinski definition) is 0. The van der Waals surface area contributed by atoms with Crippen LogP contribution >= 0.6 is 11.6 Å². The van der Waals surface area contributed by atoms with E-state index in [9.17, 15) is 17.6 Å². The number of benzene rings is 1. The predicted octanol–water partition coefficient (Wildman–Crippen LogP) is 3.79. The van der Waals surface area contributed by atoms with E-state index in [1.54, 1.807) is 12.1 Å². The molecule has 8 heteroatoms. The molecular weight excluding hydrogens is 427 g/mol. The minimum absolute atomic E-state index is 0.0247. The summed E-state index contributed by atoms with van der Waals surface area (Å²) in [5, 5.41) is 0.374. The first-order chi connectivity index (χ1) is 14.3. The standard InChI is InChI=1S/C22H30ClFN2O3S/c23-20-7-4-8-21(24)19(20)13-25(16-9-10-16)14-22(27)26(17-5-2-1-3-6-17)18-11-12-30(28,29)15-18/h4,7-8,16-18H,1-3,5-6,9-15H2. The van der Waals surface area contributed by atoms with Crippen molar-refractivity contribution in [1.82, 2.24) is 9.80 Å². The molecule has 1 aliphatic heterocycles. The maximum absolute atomic E-state index is 14.3. The molecule has 1 saturated heterocycles. The van der Waals surface area contributed by atoms with Crippen LogP contribution in [-0.2, 0) is 21.2 Å². The van der Waals surface area contributed by atoms with Crippen molar-refractivity contribution in [3.8, 4) is 0 Å². The highest BCUT2D eigenvalue weighted by atomic mass is 35.5. The second kappa shape index (κ2) is 9.13. The fourth-order valence-electron chi connectivity index (χ4n) is 4.96. The van der Waals surface area contributed by atoms with Gasteiger partial charge in [0, 0.05) is 35.3 Å². The molecule has 1 amide bonds. The van der Waals surface area contributed by atoms with Gasteiger partial charge in [-0.25, -0.2) is 12.8 Å². The zero-order chi connectivity index (χ0) is 21.3. The minimum Gasteiger partial charge on any atom is -0.335 e. The van der Waals surface area contributed by atoms with Gasteiger partial charge < -0.3 is 4.90 Å². The monoisotopic (exact) mass is 456 g/mol. The first kappa shape index (κ1) is 22.0. The number of rotatable bonds is 7. The smallest absolute Gasteiger partial charge is 0.237 e. The lowest BCUT2D eigenvalue weighted by Gasteiger charge is -2.39. The molecule has 0 radical (unpaired) electrons. The minimum atomic E-state index is -3.08. The molecule has 0 bridgehead atoms. The van der Waals surface area contributed by atoms with E-state index < -0.39 is 9.84 Å². The van der Waals surface area contributed by atoms with Gasteiger partial charge in [-0.1, -0.05) is 36.9 Å². The SMILES string of the molecule is O=C(CN(Cc1c(F)cccc1Cl)C1CC1)N(C1CCCCC1)C1CCS(=O)(=O)C1. The van der Waals surface area contributed by atoms with Crippen LogP contribution in [0.15, 0.2) is 18.2 Å². The van der Waals surface area contributed by atoms with Gasteiger partial charge in [0.05, 0.1) is 18.1 Å². The maximum atomic E-state index is 14.3. The van der Waals surface area contributed by atoms with Crippen LogP contribution in [0.5, 0.6) is 0 Å². The molecule has 0 spiro atoms. The van der Waals surface area contributed by atoms with Crippen molar-refractivity contribution in [3.63, 3.8) is 0 Å². The summed E-state index contributed by atoms with van der Waals surface area (Å²) in [6, 6.07) is 4.78. The normalized spacial score (nSPS) is 24.3. The van der Waals surface area contributed by atoms with Crippen LogP contribution in [0.3, 0.4) is 0 Å². The van der Waals surface area contributed by atoms with Gasteiger partial charge in [0.2, 0.25) is 5.91 Å². The van der Waals surface area contributed by atoms with Crippen molar-refractivity contribution in [2.75, 3.05) is 18.1 Å². The van der Waals surface area contributed by atoms with E-state index in [-0.39, 0.29) is 47.9 Å². The fourth-order valence-corrected chi connectivity index (χ4v) is 6.89.